The Morgan fingerprint density at radius 1 is 1.21 bits per heavy atom. The van der Waals surface area contributed by atoms with Crippen LogP contribution in [-0.4, -0.2) is 32.6 Å². The van der Waals surface area contributed by atoms with Gasteiger partial charge < -0.3 is 19.3 Å². The van der Waals surface area contributed by atoms with E-state index in [9.17, 15) is 9.90 Å². The lowest BCUT2D eigenvalue weighted by molar-refractivity contribution is 0.0899. The highest BCUT2D eigenvalue weighted by Crippen LogP contribution is 2.25. The number of nitrogens with zero attached hydrogens (tertiary/aromatic N) is 3. The average molecular weight is 449 g/mol. The van der Waals surface area contributed by atoms with Gasteiger partial charge in [0.25, 0.3) is 5.91 Å². The maximum absolute atomic E-state index is 12.7. The first kappa shape index (κ1) is 20.2. The highest BCUT2D eigenvalue weighted by Gasteiger charge is 2.24. The zero-order valence-electron chi connectivity index (χ0n) is 16.0. The van der Waals surface area contributed by atoms with E-state index in [1.165, 1.54) is 12.5 Å². The van der Waals surface area contributed by atoms with E-state index >= 15 is 0 Å². The van der Waals surface area contributed by atoms with Gasteiger partial charge >= 0.3 is 0 Å². The first-order valence-corrected chi connectivity index (χ1v) is 9.44. The van der Waals surface area contributed by atoms with Crippen molar-refractivity contribution in [3.63, 3.8) is 0 Å². The molecule has 1 amide bonds. The lowest BCUT2D eigenvalue weighted by Crippen LogP contribution is -2.32. The summed E-state index contributed by atoms with van der Waals surface area (Å²) in [5.74, 6) is 0.00399. The lowest BCUT2D eigenvalue weighted by Gasteiger charge is -2.19. The molecule has 8 nitrogen and oxygen atoms in total. The number of aromatic nitrogens is 3. The number of rotatable bonds is 5. The predicted molar refractivity (Wildman–Crippen MR) is 105 cm³/mol. The van der Waals surface area contributed by atoms with E-state index in [0.29, 0.717) is 17.3 Å². The largest absolute Gasteiger partial charge is 0.446 e. The molecule has 0 bridgehead atoms. The minimum Gasteiger partial charge on any atom is -0.446 e. The number of halogens is 1. The van der Waals surface area contributed by atoms with Gasteiger partial charge in [-0.1, -0.05) is 36.7 Å². The summed E-state index contributed by atoms with van der Waals surface area (Å²) in [6.07, 6.45) is 2.87. The zero-order chi connectivity index (χ0) is 20.5. The molecule has 9 heteroatoms. The van der Waals surface area contributed by atoms with Gasteiger partial charge in [0.15, 0.2) is 5.69 Å². The second kappa shape index (κ2) is 7.84. The van der Waals surface area contributed by atoms with E-state index in [0.717, 1.165) is 10.2 Å². The van der Waals surface area contributed by atoms with Crippen LogP contribution in [-0.2, 0) is 5.41 Å². The molecule has 148 valence electrons. The lowest BCUT2D eigenvalue weighted by atomic mass is 9.91. The monoisotopic (exact) mass is 448 g/mol. The Labute approximate surface area is 170 Å². The van der Waals surface area contributed by atoms with E-state index in [4.69, 9.17) is 8.83 Å². The SMILES string of the molecule is Cc1coc(-c2coc(C(CO)NC(=O)c3cc(Br)cc(C(C)(C)C)n3)n2)n1. The van der Waals surface area contributed by atoms with Crippen molar-refractivity contribution in [3.8, 4) is 11.6 Å². The number of carbonyl (C=O) groups is 1. The van der Waals surface area contributed by atoms with Crippen LogP contribution in [0.4, 0.5) is 0 Å². The first-order chi connectivity index (χ1) is 13.2. The fraction of sp³-hybridized carbons (Fsp3) is 0.368. The summed E-state index contributed by atoms with van der Waals surface area (Å²) < 4.78 is 11.4. The molecule has 0 fully saturated rings. The van der Waals surface area contributed by atoms with E-state index < -0.39 is 18.6 Å². The van der Waals surface area contributed by atoms with Crippen molar-refractivity contribution in [2.75, 3.05) is 6.61 Å². The summed E-state index contributed by atoms with van der Waals surface area (Å²) in [4.78, 5) is 25.6. The Hall–Kier alpha value is -2.52. The number of amides is 1. The number of pyridine rings is 1. The van der Waals surface area contributed by atoms with Crippen molar-refractivity contribution in [1.82, 2.24) is 20.3 Å². The number of nitrogens with one attached hydrogen (secondary N) is 1. The van der Waals surface area contributed by atoms with Crippen LogP contribution in [0.5, 0.6) is 0 Å². The summed E-state index contributed by atoms with van der Waals surface area (Å²) in [6, 6.07) is 2.66. The third-order valence-corrected chi connectivity index (χ3v) is 4.40. The minimum atomic E-state index is -0.837. The smallest absolute Gasteiger partial charge is 0.270 e. The fourth-order valence-electron chi connectivity index (χ4n) is 2.43. The molecule has 3 heterocycles. The molecule has 2 N–H and O–H groups in total. The summed E-state index contributed by atoms with van der Waals surface area (Å²) >= 11 is 3.42. The topological polar surface area (TPSA) is 114 Å². The molecular weight excluding hydrogens is 428 g/mol. The van der Waals surface area contributed by atoms with E-state index in [-0.39, 0.29) is 17.0 Å². The Bertz CT molecular complexity index is 990. The number of aliphatic hydroxyl groups excluding tert-OH is 1. The highest BCUT2D eigenvalue weighted by molar-refractivity contribution is 9.10. The van der Waals surface area contributed by atoms with Crippen LogP contribution in [0.2, 0.25) is 0 Å². The molecule has 0 aliphatic carbocycles. The molecule has 1 unspecified atom stereocenters. The molecule has 0 aliphatic heterocycles. The summed E-state index contributed by atoms with van der Waals surface area (Å²) in [6.45, 7) is 7.44. The highest BCUT2D eigenvalue weighted by atomic mass is 79.9. The Balaban J connectivity index is 1.81. The van der Waals surface area contributed by atoms with Crippen molar-refractivity contribution in [2.24, 2.45) is 0 Å². The number of aliphatic hydroxyl groups is 1. The maximum atomic E-state index is 12.7. The molecular formula is C19H21BrN4O4. The van der Waals surface area contributed by atoms with Crippen LogP contribution in [0.15, 0.2) is 38.0 Å². The van der Waals surface area contributed by atoms with Crippen molar-refractivity contribution in [3.05, 3.63) is 52.1 Å². The van der Waals surface area contributed by atoms with Gasteiger partial charge in [0.2, 0.25) is 11.8 Å². The molecule has 3 rings (SSSR count). The number of aryl methyl sites for hydroxylation is 1. The van der Waals surface area contributed by atoms with Gasteiger partial charge in [-0.25, -0.2) is 15.0 Å². The molecule has 0 aliphatic rings. The minimum absolute atomic E-state index is 0.146. The molecule has 1 atom stereocenters. The van der Waals surface area contributed by atoms with Crippen LogP contribution >= 0.6 is 15.9 Å². The zero-order valence-corrected chi connectivity index (χ0v) is 17.6. The standard InChI is InChI=1S/C19H21BrN4O4/c1-10-8-27-18(21-10)14-9-28-17(24-14)13(7-25)23-16(26)12-5-11(20)6-15(22-12)19(2,3)4/h5-6,8-9,13,25H,7H2,1-4H3,(H,23,26). The normalized spacial score (nSPS) is 12.8. The molecule has 3 aromatic heterocycles. The van der Waals surface area contributed by atoms with Gasteiger partial charge in [-0.05, 0) is 19.1 Å². The van der Waals surface area contributed by atoms with Crippen molar-refractivity contribution >= 4 is 21.8 Å². The van der Waals surface area contributed by atoms with E-state index in [2.05, 4.69) is 36.2 Å². The second-order valence-corrected chi connectivity index (χ2v) is 8.30. The van der Waals surface area contributed by atoms with E-state index in [1.807, 2.05) is 26.8 Å². The third-order valence-electron chi connectivity index (χ3n) is 3.94. The van der Waals surface area contributed by atoms with Crippen LogP contribution in [0, 0.1) is 6.92 Å². The van der Waals surface area contributed by atoms with Crippen LogP contribution < -0.4 is 5.32 Å². The quantitative estimate of drug-likeness (QED) is 0.612. The Kier molecular flexibility index (Phi) is 5.66. The van der Waals surface area contributed by atoms with Gasteiger partial charge in [-0.3, -0.25) is 4.79 Å². The molecule has 0 saturated heterocycles. The van der Waals surface area contributed by atoms with Gasteiger partial charge in [-0.15, -0.1) is 0 Å². The van der Waals surface area contributed by atoms with Gasteiger partial charge in [0.1, 0.15) is 24.3 Å². The molecule has 28 heavy (non-hydrogen) atoms. The van der Waals surface area contributed by atoms with Gasteiger partial charge in [0.05, 0.1) is 12.3 Å². The predicted octanol–water partition coefficient (Wildman–Crippen LogP) is 3.56. The molecule has 3 aromatic rings. The molecule has 0 saturated carbocycles. The number of hydrogen-bond donors (Lipinski definition) is 2. The summed E-state index contributed by atoms with van der Waals surface area (Å²) in [5.41, 5.74) is 1.87. The second-order valence-electron chi connectivity index (χ2n) is 7.38. The molecule has 0 spiro atoms. The molecule has 0 aromatic carbocycles. The third kappa shape index (κ3) is 4.48. The van der Waals surface area contributed by atoms with Crippen LogP contribution in [0.1, 0.15) is 54.6 Å². The maximum Gasteiger partial charge on any atom is 0.270 e. The van der Waals surface area contributed by atoms with E-state index in [1.54, 1.807) is 13.0 Å². The Morgan fingerprint density at radius 3 is 2.57 bits per heavy atom. The number of oxazole rings is 2. The van der Waals surface area contributed by atoms with Crippen molar-refractivity contribution in [1.29, 1.82) is 0 Å². The van der Waals surface area contributed by atoms with Crippen LogP contribution in [0.25, 0.3) is 11.6 Å². The van der Waals surface area contributed by atoms with Crippen LogP contribution in [0.3, 0.4) is 0 Å². The summed E-state index contributed by atoms with van der Waals surface area (Å²) in [5, 5.41) is 12.4. The molecule has 0 radical (unpaired) electrons. The Morgan fingerprint density at radius 2 is 1.96 bits per heavy atom. The van der Waals surface area contributed by atoms with Gasteiger partial charge in [-0.2, -0.15) is 0 Å². The summed E-state index contributed by atoms with van der Waals surface area (Å²) in [7, 11) is 0. The van der Waals surface area contributed by atoms with Crippen molar-refractivity contribution < 1.29 is 18.7 Å². The number of hydrogen-bond acceptors (Lipinski definition) is 7. The van der Waals surface area contributed by atoms with Gasteiger partial charge in [0, 0.05) is 15.6 Å². The average Bonchev–Trinajstić information content (AvgIpc) is 3.27. The van der Waals surface area contributed by atoms with Crippen molar-refractivity contribution in [2.45, 2.75) is 39.2 Å². The fourth-order valence-corrected chi connectivity index (χ4v) is 2.87. The first-order valence-electron chi connectivity index (χ1n) is 8.65. The number of carbonyl (C=O) groups excluding carboxylic acids is 1.